The Kier molecular flexibility index (Phi) is 4.36. The molecule has 1 fully saturated rings. The topological polar surface area (TPSA) is 52.0 Å². The molecule has 0 aliphatic carbocycles. The highest BCUT2D eigenvalue weighted by Crippen LogP contribution is 2.21. The molecule has 2 aliphatic heterocycles. The van der Waals surface area contributed by atoms with E-state index in [9.17, 15) is 0 Å². The van der Waals surface area contributed by atoms with Crippen LogP contribution in [0.1, 0.15) is 63.6 Å². The lowest BCUT2D eigenvalue weighted by Gasteiger charge is -2.30. The van der Waals surface area contributed by atoms with Crippen molar-refractivity contribution in [3.63, 3.8) is 0 Å². The van der Waals surface area contributed by atoms with Gasteiger partial charge in [-0.3, -0.25) is 0 Å². The molecule has 3 rings (SSSR count). The van der Waals surface area contributed by atoms with E-state index in [0.29, 0.717) is 12.1 Å². The van der Waals surface area contributed by atoms with Gasteiger partial charge in [0, 0.05) is 25.6 Å². The number of aromatic nitrogens is 3. The molecule has 0 bridgehead atoms. The SMILES string of the molecule is CC1CC(NC(C)c2nnc3n2CCCCC3)CCO1. The fourth-order valence-corrected chi connectivity index (χ4v) is 3.41. The second-order valence-corrected chi connectivity index (χ2v) is 6.23. The summed E-state index contributed by atoms with van der Waals surface area (Å²) >= 11 is 0. The van der Waals surface area contributed by atoms with Gasteiger partial charge in [-0.25, -0.2) is 0 Å². The second kappa shape index (κ2) is 6.22. The molecule has 0 aromatic carbocycles. The summed E-state index contributed by atoms with van der Waals surface area (Å²) in [5.41, 5.74) is 0. The minimum atomic E-state index is 0.268. The molecule has 1 saturated heterocycles. The summed E-state index contributed by atoms with van der Waals surface area (Å²) in [6.07, 6.45) is 7.43. The van der Waals surface area contributed by atoms with Gasteiger partial charge in [-0.2, -0.15) is 0 Å². The summed E-state index contributed by atoms with van der Waals surface area (Å²) < 4.78 is 7.95. The van der Waals surface area contributed by atoms with Gasteiger partial charge in [0.1, 0.15) is 11.6 Å². The van der Waals surface area contributed by atoms with Gasteiger partial charge in [0.05, 0.1) is 12.1 Å². The van der Waals surface area contributed by atoms with Gasteiger partial charge in [0.15, 0.2) is 0 Å². The van der Waals surface area contributed by atoms with Crippen molar-refractivity contribution in [1.29, 1.82) is 0 Å². The van der Waals surface area contributed by atoms with Gasteiger partial charge in [-0.1, -0.05) is 6.42 Å². The first-order valence-corrected chi connectivity index (χ1v) is 8.03. The molecule has 5 nitrogen and oxygen atoms in total. The van der Waals surface area contributed by atoms with Gasteiger partial charge in [-0.05, 0) is 39.5 Å². The summed E-state index contributed by atoms with van der Waals surface area (Å²) in [5.74, 6) is 2.28. The van der Waals surface area contributed by atoms with Crippen molar-refractivity contribution in [2.75, 3.05) is 6.61 Å². The van der Waals surface area contributed by atoms with Gasteiger partial charge < -0.3 is 14.6 Å². The van der Waals surface area contributed by atoms with Crippen molar-refractivity contribution >= 4 is 0 Å². The largest absolute Gasteiger partial charge is 0.378 e. The highest BCUT2D eigenvalue weighted by atomic mass is 16.5. The Morgan fingerprint density at radius 2 is 2.20 bits per heavy atom. The van der Waals surface area contributed by atoms with E-state index in [2.05, 4.69) is 33.9 Å². The monoisotopic (exact) mass is 278 g/mol. The average Bonchev–Trinajstić information content (AvgIpc) is 2.68. The number of ether oxygens (including phenoxy) is 1. The predicted molar refractivity (Wildman–Crippen MR) is 77.6 cm³/mol. The van der Waals surface area contributed by atoms with Gasteiger partial charge in [-0.15, -0.1) is 10.2 Å². The maximum absolute atomic E-state index is 5.61. The zero-order chi connectivity index (χ0) is 13.9. The highest BCUT2D eigenvalue weighted by molar-refractivity contribution is 5.02. The maximum Gasteiger partial charge on any atom is 0.149 e. The second-order valence-electron chi connectivity index (χ2n) is 6.23. The lowest BCUT2D eigenvalue weighted by molar-refractivity contribution is 0.0113. The van der Waals surface area contributed by atoms with Crippen LogP contribution < -0.4 is 5.32 Å². The van der Waals surface area contributed by atoms with E-state index in [1.807, 2.05) is 0 Å². The van der Waals surface area contributed by atoms with Crippen LogP contribution in [0.4, 0.5) is 0 Å². The Bertz CT molecular complexity index is 445. The first-order valence-electron chi connectivity index (χ1n) is 8.03. The van der Waals surface area contributed by atoms with Crippen molar-refractivity contribution in [3.05, 3.63) is 11.6 Å². The molecule has 20 heavy (non-hydrogen) atoms. The lowest BCUT2D eigenvalue weighted by Crippen LogP contribution is -2.40. The number of hydrogen-bond acceptors (Lipinski definition) is 4. The fourth-order valence-electron chi connectivity index (χ4n) is 3.41. The summed E-state index contributed by atoms with van der Waals surface area (Å²) in [7, 11) is 0. The van der Waals surface area contributed by atoms with E-state index >= 15 is 0 Å². The maximum atomic E-state index is 5.61. The minimum absolute atomic E-state index is 0.268. The van der Waals surface area contributed by atoms with E-state index in [4.69, 9.17) is 4.74 Å². The van der Waals surface area contributed by atoms with Crippen molar-refractivity contribution in [2.45, 2.75) is 77.1 Å². The van der Waals surface area contributed by atoms with Crippen LogP contribution in [0, 0.1) is 0 Å². The molecular weight excluding hydrogens is 252 g/mol. The summed E-state index contributed by atoms with van der Waals surface area (Å²) in [6.45, 7) is 6.31. The van der Waals surface area contributed by atoms with Gasteiger partial charge in [0.2, 0.25) is 0 Å². The van der Waals surface area contributed by atoms with Crippen LogP contribution in [0.15, 0.2) is 0 Å². The van der Waals surface area contributed by atoms with E-state index < -0.39 is 0 Å². The standard InChI is InChI=1S/C15H26N4O/c1-11-10-13(7-9-20-11)16-12(2)15-18-17-14-6-4-3-5-8-19(14)15/h11-13,16H,3-10H2,1-2H3. The van der Waals surface area contributed by atoms with Crippen LogP contribution in [0.5, 0.6) is 0 Å². The molecule has 0 spiro atoms. The molecule has 0 radical (unpaired) electrons. The van der Waals surface area contributed by atoms with Crippen LogP contribution in [0.2, 0.25) is 0 Å². The lowest BCUT2D eigenvalue weighted by atomic mass is 10.0. The van der Waals surface area contributed by atoms with Crippen molar-refractivity contribution in [1.82, 2.24) is 20.1 Å². The summed E-state index contributed by atoms with van der Waals surface area (Å²) in [5, 5.41) is 12.6. The quantitative estimate of drug-likeness (QED) is 0.921. The molecular formula is C15H26N4O. The molecule has 5 heteroatoms. The average molecular weight is 278 g/mol. The smallest absolute Gasteiger partial charge is 0.149 e. The van der Waals surface area contributed by atoms with Crippen LogP contribution in [-0.2, 0) is 17.7 Å². The molecule has 0 saturated carbocycles. The molecule has 1 aromatic rings. The molecule has 0 amide bonds. The molecule has 2 aliphatic rings. The third-order valence-electron chi connectivity index (χ3n) is 4.50. The van der Waals surface area contributed by atoms with Crippen LogP contribution in [-0.4, -0.2) is 33.5 Å². The molecule has 3 atom stereocenters. The van der Waals surface area contributed by atoms with Crippen molar-refractivity contribution < 1.29 is 4.74 Å². The number of aryl methyl sites for hydroxylation is 1. The van der Waals surface area contributed by atoms with Crippen molar-refractivity contribution in [2.24, 2.45) is 0 Å². The van der Waals surface area contributed by atoms with E-state index in [-0.39, 0.29) is 6.04 Å². The Balaban J connectivity index is 1.67. The van der Waals surface area contributed by atoms with E-state index in [1.54, 1.807) is 0 Å². The summed E-state index contributed by atoms with van der Waals surface area (Å²) in [4.78, 5) is 0. The first-order chi connectivity index (χ1) is 9.74. The number of hydrogen-bond donors (Lipinski definition) is 1. The van der Waals surface area contributed by atoms with Crippen molar-refractivity contribution in [3.8, 4) is 0 Å². The van der Waals surface area contributed by atoms with Crippen LogP contribution >= 0.6 is 0 Å². The molecule has 1 aromatic heterocycles. The van der Waals surface area contributed by atoms with E-state index in [1.165, 1.54) is 25.1 Å². The fraction of sp³-hybridized carbons (Fsp3) is 0.867. The first kappa shape index (κ1) is 14.0. The summed E-state index contributed by atoms with van der Waals surface area (Å²) in [6, 6.07) is 0.803. The van der Waals surface area contributed by atoms with Gasteiger partial charge in [0.25, 0.3) is 0 Å². The molecule has 1 N–H and O–H groups in total. The highest BCUT2D eigenvalue weighted by Gasteiger charge is 2.24. The molecule has 3 heterocycles. The third-order valence-corrected chi connectivity index (χ3v) is 4.50. The Hall–Kier alpha value is -0.940. The number of nitrogens with one attached hydrogen (secondary N) is 1. The third kappa shape index (κ3) is 3.04. The zero-order valence-corrected chi connectivity index (χ0v) is 12.6. The number of fused-ring (bicyclic) bond motifs is 1. The minimum Gasteiger partial charge on any atom is -0.378 e. The number of rotatable bonds is 3. The molecule has 3 unspecified atom stereocenters. The Morgan fingerprint density at radius 1 is 1.30 bits per heavy atom. The van der Waals surface area contributed by atoms with Crippen LogP contribution in [0.3, 0.4) is 0 Å². The Labute approximate surface area is 121 Å². The zero-order valence-electron chi connectivity index (χ0n) is 12.6. The Morgan fingerprint density at radius 3 is 3.05 bits per heavy atom. The van der Waals surface area contributed by atoms with Gasteiger partial charge >= 0.3 is 0 Å². The normalized spacial score (nSPS) is 28.7. The number of nitrogens with zero attached hydrogens (tertiary/aromatic N) is 3. The molecule has 112 valence electrons. The van der Waals surface area contributed by atoms with Crippen LogP contribution in [0.25, 0.3) is 0 Å². The predicted octanol–water partition coefficient (Wildman–Crippen LogP) is 2.22. The van der Waals surface area contributed by atoms with E-state index in [0.717, 1.165) is 38.2 Å².